The lowest BCUT2D eigenvalue weighted by Crippen LogP contribution is -2.26. The summed E-state index contributed by atoms with van der Waals surface area (Å²) in [5.41, 5.74) is 1.45. The second-order valence-corrected chi connectivity index (χ2v) is 6.13. The van der Waals surface area contributed by atoms with Crippen LogP contribution in [-0.4, -0.2) is 24.9 Å². The van der Waals surface area contributed by atoms with Crippen LogP contribution in [0.3, 0.4) is 0 Å². The second-order valence-electron chi connectivity index (χ2n) is 5.69. The Kier molecular flexibility index (Phi) is 5.19. The van der Waals surface area contributed by atoms with E-state index >= 15 is 0 Å². The maximum atomic E-state index is 13.7. The van der Waals surface area contributed by atoms with E-state index in [-0.39, 0.29) is 18.1 Å². The predicted molar refractivity (Wildman–Crippen MR) is 96.6 cm³/mol. The normalized spacial score (nSPS) is 13.8. The van der Waals surface area contributed by atoms with Crippen LogP contribution >= 0.6 is 11.6 Å². The van der Waals surface area contributed by atoms with Gasteiger partial charge in [0.1, 0.15) is 5.82 Å². The van der Waals surface area contributed by atoms with Crippen molar-refractivity contribution in [2.24, 2.45) is 0 Å². The number of benzene rings is 2. The van der Waals surface area contributed by atoms with E-state index in [1.807, 2.05) is 18.2 Å². The summed E-state index contributed by atoms with van der Waals surface area (Å²) in [6.07, 6.45) is 1.35. The summed E-state index contributed by atoms with van der Waals surface area (Å²) in [4.78, 5) is 25.7. The molecule has 0 aromatic heterocycles. The largest absolute Gasteiger partial charge is 0.374 e. The summed E-state index contributed by atoms with van der Waals surface area (Å²) in [6.45, 7) is 0.600. The van der Waals surface area contributed by atoms with Crippen molar-refractivity contribution in [3.63, 3.8) is 0 Å². The highest BCUT2D eigenvalue weighted by Crippen LogP contribution is 2.29. The van der Waals surface area contributed by atoms with Crippen molar-refractivity contribution in [3.8, 4) is 0 Å². The standard InChI is InChI=1S/C18H17ClFN3O2/c19-12-7-8-13(20)15(10-12)22-17(24)11-21-14-4-1-2-5-16(14)23-9-3-6-18(23)25/h1-2,4-5,7-8,10,21H,3,6,9,11H2,(H,22,24). The van der Waals surface area contributed by atoms with E-state index in [9.17, 15) is 14.0 Å². The summed E-state index contributed by atoms with van der Waals surface area (Å²) in [5, 5.41) is 5.82. The SMILES string of the molecule is O=C(CNc1ccccc1N1CCCC1=O)Nc1cc(Cl)ccc1F. The number of para-hydroxylation sites is 2. The van der Waals surface area contributed by atoms with E-state index in [1.165, 1.54) is 18.2 Å². The third-order valence-corrected chi connectivity index (χ3v) is 4.15. The molecule has 2 aromatic rings. The second kappa shape index (κ2) is 7.53. The molecule has 1 aliphatic rings. The Morgan fingerprint density at radius 1 is 1.20 bits per heavy atom. The highest BCUT2D eigenvalue weighted by molar-refractivity contribution is 6.30. The third kappa shape index (κ3) is 4.09. The molecule has 0 unspecified atom stereocenters. The molecule has 1 saturated heterocycles. The maximum Gasteiger partial charge on any atom is 0.243 e. The van der Waals surface area contributed by atoms with Crippen LogP contribution in [0.5, 0.6) is 0 Å². The first-order valence-corrected chi connectivity index (χ1v) is 8.30. The first-order chi connectivity index (χ1) is 12.0. The van der Waals surface area contributed by atoms with Gasteiger partial charge in [0.25, 0.3) is 0 Å². The predicted octanol–water partition coefficient (Wildman–Crippen LogP) is 3.66. The summed E-state index contributed by atoms with van der Waals surface area (Å²) < 4.78 is 13.7. The molecule has 25 heavy (non-hydrogen) atoms. The number of hydrogen-bond acceptors (Lipinski definition) is 3. The third-order valence-electron chi connectivity index (χ3n) is 3.91. The number of anilines is 3. The zero-order chi connectivity index (χ0) is 17.8. The molecule has 1 fully saturated rings. The number of nitrogens with one attached hydrogen (secondary N) is 2. The van der Waals surface area contributed by atoms with Gasteiger partial charge in [-0.3, -0.25) is 9.59 Å². The molecule has 2 N–H and O–H groups in total. The van der Waals surface area contributed by atoms with E-state index in [0.29, 0.717) is 23.7 Å². The summed E-state index contributed by atoms with van der Waals surface area (Å²) in [6, 6.07) is 11.3. The fraction of sp³-hybridized carbons (Fsp3) is 0.222. The molecule has 0 bridgehead atoms. The average molecular weight is 362 g/mol. The lowest BCUT2D eigenvalue weighted by molar-refractivity contribution is -0.117. The molecular weight excluding hydrogens is 345 g/mol. The Bertz CT molecular complexity index is 813. The van der Waals surface area contributed by atoms with Gasteiger partial charge in [-0.05, 0) is 36.8 Å². The van der Waals surface area contributed by atoms with Gasteiger partial charge in [0, 0.05) is 18.0 Å². The first kappa shape index (κ1) is 17.2. The van der Waals surface area contributed by atoms with E-state index in [4.69, 9.17) is 11.6 Å². The minimum Gasteiger partial charge on any atom is -0.374 e. The summed E-state index contributed by atoms with van der Waals surface area (Å²) in [5.74, 6) is -0.899. The zero-order valence-electron chi connectivity index (χ0n) is 13.4. The average Bonchev–Trinajstić information content (AvgIpc) is 3.02. The summed E-state index contributed by atoms with van der Waals surface area (Å²) in [7, 11) is 0. The minimum atomic E-state index is -0.555. The van der Waals surface area contributed by atoms with Crippen molar-refractivity contribution in [2.75, 3.05) is 28.6 Å². The number of amides is 2. The molecule has 0 spiro atoms. The van der Waals surface area contributed by atoms with Crippen molar-refractivity contribution in [2.45, 2.75) is 12.8 Å². The Labute approximate surface area is 149 Å². The molecule has 1 heterocycles. The molecule has 2 amide bonds. The van der Waals surface area contributed by atoms with Crippen LogP contribution in [-0.2, 0) is 9.59 Å². The van der Waals surface area contributed by atoms with Gasteiger partial charge in [0.2, 0.25) is 11.8 Å². The van der Waals surface area contributed by atoms with E-state index in [0.717, 1.165) is 12.1 Å². The first-order valence-electron chi connectivity index (χ1n) is 7.93. The monoisotopic (exact) mass is 361 g/mol. The van der Waals surface area contributed by atoms with Gasteiger partial charge in [-0.25, -0.2) is 4.39 Å². The molecule has 0 atom stereocenters. The van der Waals surface area contributed by atoms with E-state index in [1.54, 1.807) is 11.0 Å². The Morgan fingerprint density at radius 3 is 2.76 bits per heavy atom. The molecule has 1 aliphatic heterocycles. The van der Waals surface area contributed by atoms with E-state index < -0.39 is 11.7 Å². The van der Waals surface area contributed by atoms with Gasteiger partial charge in [-0.15, -0.1) is 0 Å². The van der Waals surface area contributed by atoms with Crippen LogP contribution in [0.2, 0.25) is 5.02 Å². The number of rotatable bonds is 5. The highest BCUT2D eigenvalue weighted by Gasteiger charge is 2.23. The molecule has 7 heteroatoms. The topological polar surface area (TPSA) is 61.4 Å². The molecule has 3 rings (SSSR count). The van der Waals surface area contributed by atoms with Crippen LogP contribution in [0.1, 0.15) is 12.8 Å². The molecule has 2 aromatic carbocycles. The number of nitrogens with zero attached hydrogens (tertiary/aromatic N) is 1. The fourth-order valence-electron chi connectivity index (χ4n) is 2.72. The number of hydrogen-bond donors (Lipinski definition) is 2. The van der Waals surface area contributed by atoms with Gasteiger partial charge in [-0.1, -0.05) is 23.7 Å². The van der Waals surface area contributed by atoms with Crippen molar-refractivity contribution in [1.29, 1.82) is 0 Å². The smallest absolute Gasteiger partial charge is 0.243 e. The van der Waals surface area contributed by atoms with Crippen LogP contribution in [0.25, 0.3) is 0 Å². The van der Waals surface area contributed by atoms with E-state index in [2.05, 4.69) is 10.6 Å². The van der Waals surface area contributed by atoms with Crippen LogP contribution in [0.15, 0.2) is 42.5 Å². The minimum absolute atomic E-state index is 0.0299. The zero-order valence-corrected chi connectivity index (χ0v) is 14.1. The van der Waals surface area contributed by atoms with Crippen molar-refractivity contribution < 1.29 is 14.0 Å². The van der Waals surface area contributed by atoms with Crippen LogP contribution < -0.4 is 15.5 Å². The number of carbonyl (C=O) groups excluding carboxylic acids is 2. The Hall–Kier alpha value is -2.60. The maximum absolute atomic E-state index is 13.7. The molecule has 0 radical (unpaired) electrons. The van der Waals surface area contributed by atoms with Crippen molar-refractivity contribution in [1.82, 2.24) is 0 Å². The van der Waals surface area contributed by atoms with Gasteiger partial charge in [0.05, 0.1) is 23.6 Å². The van der Waals surface area contributed by atoms with Gasteiger partial charge in [0.15, 0.2) is 0 Å². The fourth-order valence-corrected chi connectivity index (χ4v) is 2.90. The molecule has 130 valence electrons. The van der Waals surface area contributed by atoms with Crippen LogP contribution in [0, 0.1) is 5.82 Å². The molecule has 0 saturated carbocycles. The van der Waals surface area contributed by atoms with Crippen molar-refractivity contribution in [3.05, 3.63) is 53.3 Å². The van der Waals surface area contributed by atoms with Crippen molar-refractivity contribution >= 4 is 40.5 Å². The quantitative estimate of drug-likeness (QED) is 0.854. The molecule has 5 nitrogen and oxygen atoms in total. The Balaban J connectivity index is 1.66. The number of carbonyl (C=O) groups is 2. The molecule has 0 aliphatic carbocycles. The van der Waals surface area contributed by atoms with Gasteiger partial charge < -0.3 is 15.5 Å². The highest BCUT2D eigenvalue weighted by atomic mass is 35.5. The van der Waals surface area contributed by atoms with Crippen LogP contribution in [0.4, 0.5) is 21.5 Å². The van der Waals surface area contributed by atoms with Gasteiger partial charge in [-0.2, -0.15) is 0 Å². The lowest BCUT2D eigenvalue weighted by atomic mass is 10.2. The van der Waals surface area contributed by atoms with Gasteiger partial charge >= 0.3 is 0 Å². The Morgan fingerprint density at radius 2 is 2.00 bits per heavy atom. The summed E-state index contributed by atoms with van der Waals surface area (Å²) >= 11 is 5.81. The lowest BCUT2D eigenvalue weighted by Gasteiger charge is -2.20. The molecular formula is C18H17ClFN3O2. The number of halogens is 2.